The van der Waals surface area contributed by atoms with Crippen LogP contribution in [-0.2, 0) is 10.3 Å². The van der Waals surface area contributed by atoms with E-state index in [1.165, 1.54) is 19.3 Å². The molecule has 2 rings (SSSR count). The molecule has 0 aromatic heterocycles. The van der Waals surface area contributed by atoms with Gasteiger partial charge in [-0.15, -0.1) is 0 Å². The molecule has 0 radical (unpaired) electrons. The molecule has 3 heteroatoms. The fourth-order valence-electron chi connectivity index (χ4n) is 2.74. The molecule has 1 aromatic rings. The van der Waals surface area contributed by atoms with E-state index in [9.17, 15) is 5.11 Å². The van der Waals surface area contributed by atoms with Crippen LogP contribution in [0.1, 0.15) is 44.1 Å². The fourth-order valence-corrected chi connectivity index (χ4v) is 2.74. The van der Waals surface area contributed by atoms with Gasteiger partial charge in [0.05, 0.1) is 12.7 Å². The summed E-state index contributed by atoms with van der Waals surface area (Å²) in [5, 5.41) is 10.6. The van der Waals surface area contributed by atoms with Crippen molar-refractivity contribution in [3.8, 4) is 0 Å². The molecule has 3 nitrogen and oxygen atoms in total. The maximum absolute atomic E-state index is 10.6. The Morgan fingerprint density at radius 3 is 2.47 bits per heavy atom. The summed E-state index contributed by atoms with van der Waals surface area (Å²) in [7, 11) is 0. The second-order valence-corrected chi connectivity index (χ2v) is 5.48. The summed E-state index contributed by atoms with van der Waals surface area (Å²) in [5.74, 6) is 0. The van der Waals surface area contributed by atoms with Crippen LogP contribution in [0.25, 0.3) is 0 Å². The van der Waals surface area contributed by atoms with Crippen molar-refractivity contribution in [2.75, 3.05) is 13.2 Å². The molecule has 19 heavy (non-hydrogen) atoms. The van der Waals surface area contributed by atoms with Crippen LogP contribution in [0.5, 0.6) is 0 Å². The third kappa shape index (κ3) is 4.03. The minimum absolute atomic E-state index is 0.227. The zero-order valence-electron chi connectivity index (χ0n) is 11.6. The van der Waals surface area contributed by atoms with Gasteiger partial charge in [0.25, 0.3) is 0 Å². The molecule has 1 saturated carbocycles. The van der Waals surface area contributed by atoms with E-state index >= 15 is 0 Å². The molecule has 1 unspecified atom stereocenters. The molecule has 0 amide bonds. The third-order valence-corrected chi connectivity index (χ3v) is 4.07. The lowest BCUT2D eigenvalue weighted by atomic mass is 9.91. The number of aliphatic hydroxyl groups is 1. The first-order valence-electron chi connectivity index (χ1n) is 7.34. The number of rotatable bonds is 6. The summed E-state index contributed by atoms with van der Waals surface area (Å²) in [4.78, 5) is 0. The molecular formula is C16H25NO2. The van der Waals surface area contributed by atoms with Gasteiger partial charge in [0.1, 0.15) is 5.60 Å². The third-order valence-electron chi connectivity index (χ3n) is 4.07. The number of benzene rings is 1. The number of ether oxygens (including phenoxy) is 1. The topological polar surface area (TPSA) is 55.5 Å². The van der Waals surface area contributed by atoms with Crippen molar-refractivity contribution in [1.29, 1.82) is 0 Å². The predicted molar refractivity (Wildman–Crippen MR) is 76.8 cm³/mol. The van der Waals surface area contributed by atoms with E-state index in [1.54, 1.807) is 0 Å². The Morgan fingerprint density at radius 1 is 1.16 bits per heavy atom. The van der Waals surface area contributed by atoms with Crippen molar-refractivity contribution in [1.82, 2.24) is 0 Å². The van der Waals surface area contributed by atoms with Crippen LogP contribution < -0.4 is 5.73 Å². The molecule has 0 spiro atoms. The van der Waals surface area contributed by atoms with Crippen molar-refractivity contribution in [3.05, 3.63) is 35.9 Å². The Bertz CT molecular complexity index is 362. The van der Waals surface area contributed by atoms with Gasteiger partial charge in [-0.1, -0.05) is 49.6 Å². The van der Waals surface area contributed by atoms with E-state index in [0.29, 0.717) is 19.1 Å². The molecule has 1 fully saturated rings. The average Bonchev–Trinajstić information content (AvgIpc) is 2.49. The van der Waals surface area contributed by atoms with Crippen LogP contribution in [0, 0.1) is 0 Å². The minimum Gasteiger partial charge on any atom is -0.384 e. The predicted octanol–water partition coefficient (Wildman–Crippen LogP) is 2.57. The highest BCUT2D eigenvalue weighted by Crippen LogP contribution is 2.25. The van der Waals surface area contributed by atoms with Crippen LogP contribution >= 0.6 is 0 Å². The maximum atomic E-state index is 10.6. The van der Waals surface area contributed by atoms with E-state index in [2.05, 4.69) is 0 Å². The zero-order chi connectivity index (χ0) is 13.6. The van der Waals surface area contributed by atoms with Crippen LogP contribution in [0.3, 0.4) is 0 Å². The summed E-state index contributed by atoms with van der Waals surface area (Å²) in [6, 6.07) is 9.65. The molecule has 0 heterocycles. The smallest absolute Gasteiger partial charge is 0.104 e. The molecule has 1 aromatic carbocycles. The maximum Gasteiger partial charge on any atom is 0.104 e. The van der Waals surface area contributed by atoms with Gasteiger partial charge in [0, 0.05) is 13.0 Å². The van der Waals surface area contributed by atoms with Gasteiger partial charge in [-0.25, -0.2) is 0 Å². The van der Waals surface area contributed by atoms with Crippen LogP contribution in [0.15, 0.2) is 30.3 Å². The lowest BCUT2D eigenvalue weighted by molar-refractivity contribution is -0.0283. The molecule has 0 saturated heterocycles. The van der Waals surface area contributed by atoms with Gasteiger partial charge in [0.15, 0.2) is 0 Å². The molecule has 1 atom stereocenters. The number of hydrogen-bond acceptors (Lipinski definition) is 3. The highest BCUT2D eigenvalue weighted by Gasteiger charge is 2.27. The van der Waals surface area contributed by atoms with Gasteiger partial charge in [-0.3, -0.25) is 0 Å². The molecule has 1 aliphatic carbocycles. The molecule has 3 N–H and O–H groups in total. The Kier molecular flexibility index (Phi) is 5.37. The molecule has 0 aliphatic heterocycles. The number of hydrogen-bond donors (Lipinski definition) is 2. The lowest BCUT2D eigenvalue weighted by Crippen LogP contribution is -2.36. The first-order chi connectivity index (χ1) is 9.24. The van der Waals surface area contributed by atoms with E-state index in [0.717, 1.165) is 18.4 Å². The summed E-state index contributed by atoms with van der Waals surface area (Å²) < 4.78 is 5.89. The van der Waals surface area contributed by atoms with E-state index in [4.69, 9.17) is 10.5 Å². The second-order valence-electron chi connectivity index (χ2n) is 5.48. The zero-order valence-corrected chi connectivity index (χ0v) is 11.6. The van der Waals surface area contributed by atoms with E-state index in [-0.39, 0.29) is 6.54 Å². The van der Waals surface area contributed by atoms with Gasteiger partial charge in [-0.05, 0) is 18.4 Å². The van der Waals surface area contributed by atoms with Crippen molar-refractivity contribution in [2.45, 2.75) is 50.2 Å². The van der Waals surface area contributed by atoms with Gasteiger partial charge < -0.3 is 15.6 Å². The summed E-state index contributed by atoms with van der Waals surface area (Å²) in [6.07, 6.45) is 7.13. The normalized spacial score (nSPS) is 20.1. The van der Waals surface area contributed by atoms with Crippen LogP contribution in [-0.4, -0.2) is 24.4 Å². The van der Waals surface area contributed by atoms with E-state index in [1.807, 2.05) is 30.3 Å². The van der Waals surface area contributed by atoms with Crippen molar-refractivity contribution in [3.63, 3.8) is 0 Å². The number of nitrogens with two attached hydrogens (primary N) is 1. The second kappa shape index (κ2) is 7.04. The highest BCUT2D eigenvalue weighted by molar-refractivity contribution is 5.22. The molecule has 1 aliphatic rings. The summed E-state index contributed by atoms with van der Waals surface area (Å²) in [5.41, 5.74) is 5.67. The fraction of sp³-hybridized carbons (Fsp3) is 0.625. The average molecular weight is 263 g/mol. The lowest BCUT2D eigenvalue weighted by Gasteiger charge is -2.29. The quantitative estimate of drug-likeness (QED) is 0.829. The molecule has 106 valence electrons. The monoisotopic (exact) mass is 263 g/mol. The van der Waals surface area contributed by atoms with E-state index < -0.39 is 5.60 Å². The molecular weight excluding hydrogens is 238 g/mol. The highest BCUT2D eigenvalue weighted by atomic mass is 16.5. The van der Waals surface area contributed by atoms with Gasteiger partial charge in [0.2, 0.25) is 0 Å². The van der Waals surface area contributed by atoms with Crippen LogP contribution in [0.4, 0.5) is 0 Å². The molecule has 0 bridgehead atoms. The summed E-state index contributed by atoms with van der Waals surface area (Å²) in [6.45, 7) is 0.804. The minimum atomic E-state index is -0.962. The largest absolute Gasteiger partial charge is 0.384 e. The summed E-state index contributed by atoms with van der Waals surface area (Å²) >= 11 is 0. The van der Waals surface area contributed by atoms with Crippen molar-refractivity contribution < 1.29 is 9.84 Å². The van der Waals surface area contributed by atoms with Crippen molar-refractivity contribution >= 4 is 0 Å². The first-order valence-corrected chi connectivity index (χ1v) is 7.34. The first kappa shape index (κ1) is 14.5. The SMILES string of the molecule is NCC(O)(CCOC1CCCCC1)c1ccccc1. The Balaban J connectivity index is 1.85. The Labute approximate surface area is 115 Å². The van der Waals surface area contributed by atoms with Crippen LogP contribution in [0.2, 0.25) is 0 Å². The standard InChI is InChI=1S/C16H25NO2/c17-13-16(18,14-7-3-1-4-8-14)11-12-19-15-9-5-2-6-10-15/h1,3-4,7-8,15,18H,2,5-6,9-13,17H2. The Hall–Kier alpha value is -0.900. The van der Waals surface area contributed by atoms with Gasteiger partial charge >= 0.3 is 0 Å². The van der Waals surface area contributed by atoms with Crippen molar-refractivity contribution in [2.24, 2.45) is 5.73 Å². The Morgan fingerprint density at radius 2 is 1.84 bits per heavy atom. The van der Waals surface area contributed by atoms with Gasteiger partial charge in [-0.2, -0.15) is 0 Å².